The van der Waals surface area contributed by atoms with Crippen LogP contribution in [0.5, 0.6) is 17.2 Å². The van der Waals surface area contributed by atoms with Crippen LogP contribution in [0.15, 0.2) is 36.4 Å². The molecule has 1 atom stereocenters. The Hall–Kier alpha value is -3.22. The van der Waals surface area contributed by atoms with Gasteiger partial charge in [-0.2, -0.15) is 0 Å². The van der Waals surface area contributed by atoms with Crippen molar-refractivity contribution in [3.63, 3.8) is 0 Å². The lowest BCUT2D eigenvalue weighted by molar-refractivity contribution is -0.120. The lowest BCUT2D eigenvalue weighted by Crippen LogP contribution is -2.38. The molecule has 142 valence electrons. The lowest BCUT2D eigenvalue weighted by atomic mass is 10.0. The minimum Gasteiger partial charge on any atom is -0.496 e. The largest absolute Gasteiger partial charge is 0.496 e. The summed E-state index contributed by atoms with van der Waals surface area (Å²) in [6.07, 6.45) is 0. The van der Waals surface area contributed by atoms with Gasteiger partial charge in [0, 0.05) is 11.1 Å². The maximum atomic E-state index is 12.2. The number of nitrogens with one attached hydrogen (secondary N) is 2. The van der Waals surface area contributed by atoms with Crippen molar-refractivity contribution in [1.29, 1.82) is 0 Å². The molecule has 2 N–H and O–H groups in total. The molecule has 3 rings (SSSR count). The van der Waals surface area contributed by atoms with E-state index in [-0.39, 0.29) is 31.2 Å². The van der Waals surface area contributed by atoms with Crippen LogP contribution >= 0.6 is 0 Å². The summed E-state index contributed by atoms with van der Waals surface area (Å²) < 4.78 is 15.8. The van der Waals surface area contributed by atoms with E-state index < -0.39 is 0 Å². The van der Waals surface area contributed by atoms with E-state index in [1.165, 1.54) is 0 Å². The standard InChI is InChI=1S/C20H22N2O5/c1-12-4-6-16(25-3)15(8-12)13(2)22-19(23)10-21-20(24)14-5-7-17-18(9-14)27-11-26-17/h4-9,13H,10-11H2,1-3H3,(H,21,24)(H,22,23)/t13-/m1/s1. The Labute approximate surface area is 157 Å². The second-order valence-electron chi connectivity index (χ2n) is 6.29. The summed E-state index contributed by atoms with van der Waals surface area (Å²) in [5, 5.41) is 5.48. The van der Waals surface area contributed by atoms with E-state index in [0.29, 0.717) is 22.8 Å². The zero-order chi connectivity index (χ0) is 19.4. The Morgan fingerprint density at radius 3 is 2.70 bits per heavy atom. The van der Waals surface area contributed by atoms with Gasteiger partial charge in [0.1, 0.15) is 5.75 Å². The third-order valence-corrected chi connectivity index (χ3v) is 4.27. The van der Waals surface area contributed by atoms with Crippen molar-refractivity contribution in [3.8, 4) is 17.2 Å². The number of hydrogen-bond acceptors (Lipinski definition) is 5. The summed E-state index contributed by atoms with van der Waals surface area (Å²) in [6.45, 7) is 3.85. The first kappa shape index (κ1) is 18.6. The van der Waals surface area contributed by atoms with Crippen molar-refractivity contribution >= 4 is 11.8 Å². The van der Waals surface area contributed by atoms with Gasteiger partial charge in [-0.25, -0.2) is 0 Å². The number of carbonyl (C=O) groups excluding carboxylic acids is 2. The van der Waals surface area contributed by atoms with Crippen LogP contribution in [0.4, 0.5) is 0 Å². The maximum Gasteiger partial charge on any atom is 0.251 e. The topological polar surface area (TPSA) is 85.9 Å². The monoisotopic (exact) mass is 370 g/mol. The minimum absolute atomic E-state index is 0.133. The van der Waals surface area contributed by atoms with Crippen LogP contribution in [-0.4, -0.2) is 32.3 Å². The molecule has 7 nitrogen and oxygen atoms in total. The Morgan fingerprint density at radius 1 is 1.15 bits per heavy atom. The minimum atomic E-state index is -0.357. The van der Waals surface area contributed by atoms with Gasteiger partial charge in [0.15, 0.2) is 11.5 Å². The van der Waals surface area contributed by atoms with Gasteiger partial charge >= 0.3 is 0 Å². The molecule has 0 saturated heterocycles. The van der Waals surface area contributed by atoms with Gasteiger partial charge in [-0.1, -0.05) is 17.7 Å². The number of ether oxygens (including phenoxy) is 3. The smallest absolute Gasteiger partial charge is 0.251 e. The fourth-order valence-electron chi connectivity index (χ4n) is 2.86. The Bertz CT molecular complexity index is 865. The second kappa shape index (κ2) is 7.99. The average Bonchev–Trinajstić information content (AvgIpc) is 3.13. The summed E-state index contributed by atoms with van der Waals surface area (Å²) >= 11 is 0. The number of carbonyl (C=O) groups is 2. The summed E-state index contributed by atoms with van der Waals surface area (Å²) in [7, 11) is 1.59. The van der Waals surface area contributed by atoms with Gasteiger partial charge in [-0.15, -0.1) is 0 Å². The molecule has 27 heavy (non-hydrogen) atoms. The first-order chi connectivity index (χ1) is 13.0. The predicted molar refractivity (Wildman–Crippen MR) is 99.2 cm³/mol. The van der Waals surface area contributed by atoms with Crippen molar-refractivity contribution in [2.24, 2.45) is 0 Å². The van der Waals surface area contributed by atoms with E-state index in [4.69, 9.17) is 14.2 Å². The molecule has 0 saturated carbocycles. The van der Waals surface area contributed by atoms with Crippen LogP contribution in [0.1, 0.15) is 34.5 Å². The van der Waals surface area contributed by atoms with Gasteiger partial charge in [0.25, 0.3) is 5.91 Å². The van der Waals surface area contributed by atoms with E-state index in [9.17, 15) is 9.59 Å². The molecule has 0 unspecified atom stereocenters. The van der Waals surface area contributed by atoms with E-state index in [2.05, 4.69) is 10.6 Å². The fourth-order valence-corrected chi connectivity index (χ4v) is 2.86. The van der Waals surface area contributed by atoms with Crippen LogP contribution in [0.3, 0.4) is 0 Å². The molecule has 0 bridgehead atoms. The second-order valence-corrected chi connectivity index (χ2v) is 6.29. The number of methoxy groups -OCH3 is 1. The molecule has 2 aromatic rings. The maximum absolute atomic E-state index is 12.2. The van der Waals surface area contributed by atoms with Crippen LogP contribution in [0.25, 0.3) is 0 Å². The highest BCUT2D eigenvalue weighted by Crippen LogP contribution is 2.32. The molecule has 0 aliphatic carbocycles. The fraction of sp³-hybridized carbons (Fsp3) is 0.300. The molecule has 0 spiro atoms. The number of aryl methyl sites for hydroxylation is 1. The highest BCUT2D eigenvalue weighted by Gasteiger charge is 2.18. The molecule has 1 aliphatic heterocycles. The van der Waals surface area contributed by atoms with Gasteiger partial charge in [-0.05, 0) is 38.1 Å². The van der Waals surface area contributed by atoms with Crippen molar-refractivity contribution < 1.29 is 23.8 Å². The third kappa shape index (κ3) is 4.31. The highest BCUT2D eigenvalue weighted by atomic mass is 16.7. The number of benzene rings is 2. The summed E-state index contributed by atoms with van der Waals surface area (Å²) in [4.78, 5) is 24.5. The van der Waals surface area contributed by atoms with E-state index >= 15 is 0 Å². The summed E-state index contributed by atoms with van der Waals surface area (Å²) in [5.41, 5.74) is 2.36. The quantitative estimate of drug-likeness (QED) is 0.815. The number of amides is 2. The third-order valence-electron chi connectivity index (χ3n) is 4.27. The van der Waals surface area contributed by atoms with E-state index in [0.717, 1.165) is 11.1 Å². The first-order valence-corrected chi connectivity index (χ1v) is 8.59. The number of rotatable bonds is 6. The molecule has 7 heteroatoms. The lowest BCUT2D eigenvalue weighted by Gasteiger charge is -2.18. The predicted octanol–water partition coefficient (Wildman–Crippen LogP) is 2.34. The molecule has 0 fully saturated rings. The number of hydrogen-bond donors (Lipinski definition) is 2. The summed E-state index contributed by atoms with van der Waals surface area (Å²) in [5.74, 6) is 1.18. The van der Waals surface area contributed by atoms with Crippen molar-refractivity contribution in [3.05, 3.63) is 53.1 Å². The normalized spacial score (nSPS) is 13.0. The first-order valence-electron chi connectivity index (χ1n) is 8.59. The molecule has 1 aliphatic rings. The average molecular weight is 370 g/mol. The van der Waals surface area contributed by atoms with Crippen molar-refractivity contribution in [2.75, 3.05) is 20.4 Å². The van der Waals surface area contributed by atoms with E-state index in [1.807, 2.05) is 32.0 Å². The van der Waals surface area contributed by atoms with Crippen LogP contribution in [0, 0.1) is 6.92 Å². The molecule has 2 aromatic carbocycles. The number of fused-ring (bicyclic) bond motifs is 1. The Kier molecular flexibility index (Phi) is 5.49. The van der Waals surface area contributed by atoms with Crippen LogP contribution in [0.2, 0.25) is 0 Å². The summed E-state index contributed by atoms with van der Waals surface area (Å²) in [6, 6.07) is 10.4. The van der Waals surface area contributed by atoms with Gasteiger partial charge in [-0.3, -0.25) is 9.59 Å². The molecular weight excluding hydrogens is 348 g/mol. The molecular formula is C20H22N2O5. The van der Waals surface area contributed by atoms with Crippen LogP contribution in [-0.2, 0) is 4.79 Å². The SMILES string of the molecule is COc1ccc(C)cc1[C@@H](C)NC(=O)CNC(=O)c1ccc2c(c1)OCO2. The van der Waals surface area contributed by atoms with Crippen LogP contribution < -0.4 is 24.8 Å². The van der Waals surface area contributed by atoms with Gasteiger partial charge < -0.3 is 24.8 Å². The molecule has 2 amide bonds. The highest BCUT2D eigenvalue weighted by molar-refractivity contribution is 5.97. The van der Waals surface area contributed by atoms with Crippen molar-refractivity contribution in [1.82, 2.24) is 10.6 Å². The van der Waals surface area contributed by atoms with Gasteiger partial charge in [0.05, 0.1) is 19.7 Å². The van der Waals surface area contributed by atoms with Gasteiger partial charge in [0.2, 0.25) is 12.7 Å². The molecule has 0 radical (unpaired) electrons. The zero-order valence-electron chi connectivity index (χ0n) is 15.5. The Morgan fingerprint density at radius 2 is 1.93 bits per heavy atom. The molecule has 0 aromatic heterocycles. The zero-order valence-corrected chi connectivity index (χ0v) is 15.5. The van der Waals surface area contributed by atoms with Crippen molar-refractivity contribution in [2.45, 2.75) is 19.9 Å². The Balaban J connectivity index is 1.56. The molecule has 1 heterocycles. The van der Waals surface area contributed by atoms with E-state index in [1.54, 1.807) is 25.3 Å².